The van der Waals surface area contributed by atoms with Crippen molar-refractivity contribution in [2.24, 2.45) is 0 Å². The van der Waals surface area contributed by atoms with Gasteiger partial charge in [0.15, 0.2) is 0 Å². The smallest absolute Gasteiger partial charge is 0.323 e. The van der Waals surface area contributed by atoms with Crippen LogP contribution in [0.4, 0.5) is 16.2 Å². The van der Waals surface area contributed by atoms with Gasteiger partial charge in [0.1, 0.15) is 0 Å². The van der Waals surface area contributed by atoms with E-state index in [1.165, 1.54) is 0 Å². The van der Waals surface area contributed by atoms with Crippen LogP contribution >= 0.6 is 12.4 Å². The average molecular weight is 375 g/mol. The van der Waals surface area contributed by atoms with Crippen LogP contribution in [-0.4, -0.2) is 43.0 Å². The van der Waals surface area contributed by atoms with Crippen molar-refractivity contribution in [2.75, 3.05) is 36.8 Å². The molecule has 6 nitrogen and oxygen atoms in total. The monoisotopic (exact) mass is 374 g/mol. The second-order valence-electron chi connectivity index (χ2n) is 5.92. The lowest BCUT2D eigenvalue weighted by Gasteiger charge is -2.20. The molecule has 1 aliphatic rings. The number of carbonyl (C=O) groups is 2. The number of halogens is 1. The Bertz CT molecular complexity index is 714. The summed E-state index contributed by atoms with van der Waals surface area (Å²) in [5.41, 5.74) is 2.00. The van der Waals surface area contributed by atoms with Crippen LogP contribution in [-0.2, 0) is 0 Å². The fraction of sp³-hybridized carbons (Fsp3) is 0.263. The van der Waals surface area contributed by atoms with Gasteiger partial charge in [0.05, 0.1) is 0 Å². The Morgan fingerprint density at radius 1 is 0.846 bits per heavy atom. The molecule has 0 saturated carbocycles. The third kappa shape index (κ3) is 5.47. The number of rotatable bonds is 3. The number of nitrogens with zero attached hydrogens (tertiary/aromatic N) is 1. The summed E-state index contributed by atoms with van der Waals surface area (Å²) in [6.07, 6.45) is 0.963. The van der Waals surface area contributed by atoms with Crippen molar-refractivity contribution in [1.82, 2.24) is 10.2 Å². The molecule has 138 valence electrons. The number of hydrogen-bond donors (Lipinski definition) is 3. The first kappa shape index (κ1) is 19.8. The van der Waals surface area contributed by atoms with Crippen LogP contribution in [0.3, 0.4) is 0 Å². The van der Waals surface area contributed by atoms with E-state index in [0.29, 0.717) is 11.3 Å². The van der Waals surface area contributed by atoms with Crippen molar-refractivity contribution >= 4 is 35.7 Å². The van der Waals surface area contributed by atoms with Crippen molar-refractivity contribution in [3.63, 3.8) is 0 Å². The van der Waals surface area contributed by atoms with Crippen LogP contribution in [0.2, 0.25) is 0 Å². The summed E-state index contributed by atoms with van der Waals surface area (Å²) in [5, 5.41) is 8.80. The van der Waals surface area contributed by atoms with Crippen molar-refractivity contribution in [2.45, 2.75) is 6.42 Å². The molecule has 0 spiro atoms. The first-order valence-corrected chi connectivity index (χ1v) is 8.45. The van der Waals surface area contributed by atoms with E-state index in [0.717, 1.165) is 38.3 Å². The van der Waals surface area contributed by atoms with E-state index in [2.05, 4.69) is 16.0 Å². The van der Waals surface area contributed by atoms with E-state index in [9.17, 15) is 9.59 Å². The second-order valence-corrected chi connectivity index (χ2v) is 5.92. The van der Waals surface area contributed by atoms with Gasteiger partial charge in [-0.05, 0) is 49.4 Å². The number of amides is 3. The number of carbonyl (C=O) groups excluding carboxylic acids is 2. The normalized spacial score (nSPS) is 13.9. The highest BCUT2D eigenvalue weighted by molar-refractivity contribution is 6.00. The Kier molecular flexibility index (Phi) is 7.44. The zero-order chi connectivity index (χ0) is 17.5. The van der Waals surface area contributed by atoms with Crippen molar-refractivity contribution < 1.29 is 9.59 Å². The van der Waals surface area contributed by atoms with Gasteiger partial charge in [-0.3, -0.25) is 4.79 Å². The van der Waals surface area contributed by atoms with Crippen molar-refractivity contribution in [3.05, 3.63) is 60.2 Å². The number of benzene rings is 2. The molecule has 1 heterocycles. The molecule has 0 radical (unpaired) electrons. The van der Waals surface area contributed by atoms with Gasteiger partial charge in [-0.1, -0.05) is 18.2 Å². The fourth-order valence-corrected chi connectivity index (χ4v) is 2.74. The summed E-state index contributed by atoms with van der Waals surface area (Å²) in [4.78, 5) is 26.4. The maximum atomic E-state index is 12.5. The van der Waals surface area contributed by atoms with Crippen LogP contribution in [0.15, 0.2) is 54.6 Å². The predicted octanol–water partition coefficient (Wildman–Crippen LogP) is 3.19. The number of hydrogen-bond acceptors (Lipinski definition) is 3. The number of nitrogens with one attached hydrogen (secondary N) is 3. The lowest BCUT2D eigenvalue weighted by atomic mass is 10.1. The standard InChI is InChI=1S/C19H22N4O2.ClH/c24-18(23-13-4-11-20-12-14-23)15-7-9-17(10-8-15)22-19(25)21-16-5-2-1-3-6-16;/h1-3,5-10,20H,4,11-14H2,(H2,21,22,25);1H. The fourth-order valence-electron chi connectivity index (χ4n) is 2.74. The Hall–Kier alpha value is -2.57. The molecular weight excluding hydrogens is 352 g/mol. The molecule has 2 aromatic carbocycles. The molecule has 26 heavy (non-hydrogen) atoms. The van der Waals surface area contributed by atoms with Gasteiger partial charge in [0.2, 0.25) is 0 Å². The first-order valence-electron chi connectivity index (χ1n) is 8.45. The maximum Gasteiger partial charge on any atom is 0.323 e. The van der Waals surface area contributed by atoms with Crippen molar-refractivity contribution in [3.8, 4) is 0 Å². The quantitative estimate of drug-likeness (QED) is 0.772. The summed E-state index contributed by atoms with van der Waals surface area (Å²) >= 11 is 0. The number of para-hydroxylation sites is 1. The minimum atomic E-state index is -0.316. The Morgan fingerprint density at radius 2 is 1.50 bits per heavy atom. The van der Waals surface area contributed by atoms with Gasteiger partial charge in [0, 0.05) is 36.6 Å². The first-order chi connectivity index (χ1) is 12.2. The van der Waals surface area contributed by atoms with E-state index in [-0.39, 0.29) is 24.3 Å². The molecule has 7 heteroatoms. The minimum absolute atomic E-state index is 0. The Balaban J connectivity index is 0.00000243. The molecule has 1 aliphatic heterocycles. The zero-order valence-corrected chi connectivity index (χ0v) is 15.2. The van der Waals surface area contributed by atoms with Gasteiger partial charge < -0.3 is 20.9 Å². The number of anilines is 2. The summed E-state index contributed by atoms with van der Waals surface area (Å²) < 4.78 is 0. The van der Waals surface area contributed by atoms with E-state index < -0.39 is 0 Å². The lowest BCUT2D eigenvalue weighted by Crippen LogP contribution is -2.34. The van der Waals surface area contributed by atoms with Crippen LogP contribution in [0.1, 0.15) is 16.8 Å². The number of urea groups is 1. The topological polar surface area (TPSA) is 73.5 Å². The molecular formula is C19H23ClN4O2. The molecule has 3 amide bonds. The molecule has 1 fully saturated rings. The maximum absolute atomic E-state index is 12.5. The predicted molar refractivity (Wildman–Crippen MR) is 106 cm³/mol. The van der Waals surface area contributed by atoms with Crippen LogP contribution in [0.25, 0.3) is 0 Å². The molecule has 1 saturated heterocycles. The lowest BCUT2D eigenvalue weighted by molar-refractivity contribution is 0.0766. The van der Waals surface area contributed by atoms with Crippen LogP contribution in [0, 0.1) is 0 Å². The molecule has 0 atom stereocenters. The van der Waals surface area contributed by atoms with Crippen LogP contribution < -0.4 is 16.0 Å². The van der Waals surface area contributed by atoms with Gasteiger partial charge in [-0.25, -0.2) is 4.79 Å². The zero-order valence-electron chi connectivity index (χ0n) is 14.4. The average Bonchev–Trinajstić information content (AvgIpc) is 2.92. The van der Waals surface area contributed by atoms with Gasteiger partial charge >= 0.3 is 6.03 Å². The Morgan fingerprint density at radius 3 is 2.19 bits per heavy atom. The molecule has 0 unspecified atom stereocenters. The van der Waals surface area contributed by atoms with Crippen LogP contribution in [0.5, 0.6) is 0 Å². The van der Waals surface area contributed by atoms with Gasteiger partial charge in [-0.15, -0.1) is 12.4 Å². The third-order valence-electron chi connectivity index (χ3n) is 4.05. The van der Waals surface area contributed by atoms with E-state index in [1.807, 2.05) is 35.2 Å². The van der Waals surface area contributed by atoms with E-state index >= 15 is 0 Å². The van der Waals surface area contributed by atoms with E-state index in [4.69, 9.17) is 0 Å². The summed E-state index contributed by atoms with van der Waals surface area (Å²) in [7, 11) is 0. The molecule has 0 aliphatic carbocycles. The largest absolute Gasteiger partial charge is 0.337 e. The highest BCUT2D eigenvalue weighted by atomic mass is 35.5. The van der Waals surface area contributed by atoms with Crippen molar-refractivity contribution in [1.29, 1.82) is 0 Å². The highest BCUT2D eigenvalue weighted by Crippen LogP contribution is 2.13. The molecule has 2 aromatic rings. The Labute approximate surface area is 159 Å². The van der Waals surface area contributed by atoms with Gasteiger partial charge in [0.25, 0.3) is 5.91 Å². The summed E-state index contributed by atoms with van der Waals surface area (Å²) in [5.74, 6) is 0.0315. The second kappa shape index (κ2) is 9.79. The SMILES string of the molecule is Cl.O=C(Nc1ccccc1)Nc1ccc(C(=O)N2CCCNCC2)cc1. The summed E-state index contributed by atoms with van der Waals surface area (Å²) in [6.45, 7) is 3.26. The molecule has 0 aromatic heterocycles. The van der Waals surface area contributed by atoms with Gasteiger partial charge in [-0.2, -0.15) is 0 Å². The highest BCUT2D eigenvalue weighted by Gasteiger charge is 2.17. The molecule has 3 N–H and O–H groups in total. The third-order valence-corrected chi connectivity index (χ3v) is 4.05. The summed E-state index contributed by atoms with van der Waals surface area (Å²) in [6, 6.07) is 15.9. The molecule has 0 bridgehead atoms. The van der Waals surface area contributed by atoms with E-state index in [1.54, 1.807) is 24.3 Å². The molecule has 3 rings (SSSR count). The minimum Gasteiger partial charge on any atom is -0.337 e.